The van der Waals surface area contributed by atoms with E-state index in [1.807, 2.05) is 0 Å². The van der Waals surface area contributed by atoms with Crippen LogP contribution in [0.4, 0.5) is 0 Å². The molecule has 19 heavy (non-hydrogen) atoms. The predicted octanol–water partition coefficient (Wildman–Crippen LogP) is 2.08. The molecule has 0 radical (unpaired) electrons. The molecule has 0 spiro atoms. The Kier molecular flexibility index (Phi) is 4.17. The first-order chi connectivity index (χ1) is 8.44. The fourth-order valence-corrected chi connectivity index (χ4v) is 3.43. The van der Waals surface area contributed by atoms with Gasteiger partial charge in [-0.3, -0.25) is 4.79 Å². The van der Waals surface area contributed by atoms with Crippen LogP contribution in [-0.4, -0.2) is 48.9 Å². The summed E-state index contributed by atoms with van der Waals surface area (Å²) in [5, 5.41) is 9.38. The Labute approximate surface area is 116 Å². The number of carboxylic acids is 1. The summed E-state index contributed by atoms with van der Waals surface area (Å²) < 4.78 is 6.22. The van der Waals surface area contributed by atoms with Crippen molar-refractivity contribution in [1.82, 2.24) is 4.90 Å². The van der Waals surface area contributed by atoms with Gasteiger partial charge in [-0.15, -0.1) is 0 Å². The highest BCUT2D eigenvalue weighted by Crippen LogP contribution is 2.40. The van der Waals surface area contributed by atoms with E-state index in [2.05, 4.69) is 33.9 Å². The van der Waals surface area contributed by atoms with Gasteiger partial charge in [-0.05, 0) is 25.1 Å². The first-order valence-corrected chi connectivity index (χ1v) is 9.48. The van der Waals surface area contributed by atoms with Gasteiger partial charge in [-0.25, -0.2) is 4.79 Å². The number of carboxylic acid groups (broad SMARTS) is 1. The number of carbonyl (C=O) groups excluding carboxylic acids is 1. The minimum Gasteiger partial charge on any atom is -0.480 e. The number of hydrogen-bond acceptors (Lipinski definition) is 3. The van der Waals surface area contributed by atoms with E-state index in [-0.39, 0.29) is 11.1 Å². The first kappa shape index (κ1) is 16.2. The number of carbonyl (C=O) groups is 2. The molecule has 1 amide bonds. The summed E-state index contributed by atoms with van der Waals surface area (Å²) in [5.74, 6) is -0.971. The van der Waals surface area contributed by atoms with Gasteiger partial charge in [0.2, 0.25) is 6.41 Å². The Bertz CT molecular complexity index is 377. The van der Waals surface area contributed by atoms with Gasteiger partial charge in [0.05, 0.1) is 6.10 Å². The van der Waals surface area contributed by atoms with Crippen LogP contribution in [-0.2, 0) is 14.0 Å². The molecule has 1 fully saturated rings. The minimum absolute atomic E-state index is 0.0707. The lowest BCUT2D eigenvalue weighted by Crippen LogP contribution is -2.47. The van der Waals surface area contributed by atoms with Gasteiger partial charge in [-0.1, -0.05) is 20.8 Å². The number of amides is 1. The molecule has 1 aliphatic rings. The summed E-state index contributed by atoms with van der Waals surface area (Å²) in [7, 11) is -1.95. The van der Waals surface area contributed by atoms with Crippen LogP contribution in [0.15, 0.2) is 0 Å². The quantitative estimate of drug-likeness (QED) is 0.635. The average Bonchev–Trinajstić information content (AvgIpc) is 2.53. The third-order valence-electron chi connectivity index (χ3n) is 4.51. The van der Waals surface area contributed by atoms with Crippen LogP contribution in [0.5, 0.6) is 0 Å². The van der Waals surface area contributed by atoms with Gasteiger partial charge in [0.25, 0.3) is 0 Å². The van der Waals surface area contributed by atoms with Crippen molar-refractivity contribution in [2.75, 3.05) is 6.54 Å². The van der Waals surface area contributed by atoms with Crippen LogP contribution < -0.4 is 0 Å². The lowest BCUT2D eigenvalue weighted by molar-refractivity contribution is -0.151. The molecule has 1 N–H and O–H groups in total. The fraction of sp³-hybridized carbons (Fsp3) is 0.846. The second-order valence-corrected chi connectivity index (χ2v) is 11.8. The number of hydrogen-bond donors (Lipinski definition) is 1. The molecular weight excluding hydrogens is 262 g/mol. The van der Waals surface area contributed by atoms with Crippen LogP contribution in [0.2, 0.25) is 18.1 Å². The summed E-state index contributed by atoms with van der Waals surface area (Å²) in [6, 6.07) is 0. The van der Waals surface area contributed by atoms with Crippen molar-refractivity contribution < 1.29 is 19.1 Å². The normalized spacial score (nSPS) is 28.5. The van der Waals surface area contributed by atoms with Crippen LogP contribution in [0, 0.1) is 0 Å². The molecule has 0 aromatic carbocycles. The monoisotopic (exact) mass is 287 g/mol. The SMILES string of the molecule is CC(C)(C)[Si](C)(C)O[C@H]1CN(C=O)[C@](C)(C(=O)O)C1. The summed E-state index contributed by atoms with van der Waals surface area (Å²) in [6.45, 7) is 12.6. The largest absolute Gasteiger partial charge is 0.480 e. The highest BCUT2D eigenvalue weighted by molar-refractivity contribution is 6.74. The summed E-state index contributed by atoms with van der Waals surface area (Å²) in [5.41, 5.74) is -1.14. The van der Waals surface area contributed by atoms with Crippen molar-refractivity contribution in [3.63, 3.8) is 0 Å². The van der Waals surface area contributed by atoms with Crippen molar-refractivity contribution in [2.45, 2.75) is 63.9 Å². The lowest BCUT2D eigenvalue weighted by Gasteiger charge is -2.38. The molecule has 5 nitrogen and oxygen atoms in total. The van der Waals surface area contributed by atoms with Gasteiger partial charge < -0.3 is 14.4 Å². The van der Waals surface area contributed by atoms with Crippen LogP contribution in [0.1, 0.15) is 34.1 Å². The van der Waals surface area contributed by atoms with Crippen molar-refractivity contribution in [3.8, 4) is 0 Å². The van der Waals surface area contributed by atoms with E-state index in [4.69, 9.17) is 4.43 Å². The molecular formula is C13H25NO4Si. The minimum atomic E-state index is -1.95. The third-order valence-corrected chi connectivity index (χ3v) is 9.05. The third kappa shape index (κ3) is 3.00. The number of nitrogens with zero attached hydrogens (tertiary/aromatic N) is 1. The lowest BCUT2D eigenvalue weighted by atomic mass is 9.99. The second-order valence-electron chi connectivity index (χ2n) is 7.04. The number of likely N-dealkylation sites (tertiary alicyclic amines) is 1. The van der Waals surface area contributed by atoms with Gasteiger partial charge in [0.1, 0.15) is 5.54 Å². The summed E-state index contributed by atoms with van der Waals surface area (Å²) >= 11 is 0. The molecule has 1 heterocycles. The molecule has 110 valence electrons. The molecule has 6 heteroatoms. The van der Waals surface area contributed by atoms with Crippen molar-refractivity contribution in [1.29, 1.82) is 0 Å². The molecule has 0 aromatic heterocycles. The molecule has 0 saturated carbocycles. The molecule has 1 saturated heterocycles. The van der Waals surface area contributed by atoms with E-state index in [9.17, 15) is 14.7 Å². The van der Waals surface area contributed by atoms with E-state index >= 15 is 0 Å². The van der Waals surface area contributed by atoms with E-state index in [0.29, 0.717) is 19.4 Å². The molecule has 2 atom stereocenters. The highest BCUT2D eigenvalue weighted by atomic mass is 28.4. The molecule has 0 bridgehead atoms. The zero-order chi connectivity index (χ0) is 15.1. The molecule has 0 aromatic rings. The van der Waals surface area contributed by atoms with Crippen LogP contribution >= 0.6 is 0 Å². The number of rotatable bonds is 4. The number of aliphatic carboxylic acids is 1. The Hall–Kier alpha value is -0.883. The first-order valence-electron chi connectivity index (χ1n) is 6.57. The summed E-state index contributed by atoms with van der Waals surface area (Å²) in [4.78, 5) is 23.7. The predicted molar refractivity (Wildman–Crippen MR) is 75.5 cm³/mol. The van der Waals surface area contributed by atoms with Crippen LogP contribution in [0.3, 0.4) is 0 Å². The molecule has 1 rings (SSSR count). The molecule has 0 unspecified atom stereocenters. The Balaban J connectivity index is 2.86. The summed E-state index contributed by atoms with van der Waals surface area (Å²) in [6.07, 6.45) is 0.781. The Morgan fingerprint density at radius 3 is 2.32 bits per heavy atom. The average molecular weight is 287 g/mol. The standard InChI is InChI=1S/C13H25NO4Si/c1-12(2,3)19(5,6)18-10-7-13(4,11(16)17)14(8-10)9-15/h9-10H,7-8H2,1-6H3,(H,16,17)/t10-,13+/m1/s1. The van der Waals surface area contributed by atoms with E-state index in [1.165, 1.54) is 4.90 Å². The smallest absolute Gasteiger partial charge is 0.329 e. The van der Waals surface area contributed by atoms with E-state index < -0.39 is 19.8 Å². The van der Waals surface area contributed by atoms with Gasteiger partial charge in [0, 0.05) is 13.0 Å². The molecule has 1 aliphatic heterocycles. The Morgan fingerprint density at radius 2 is 2.00 bits per heavy atom. The maximum absolute atomic E-state index is 11.4. The van der Waals surface area contributed by atoms with Crippen molar-refractivity contribution >= 4 is 20.7 Å². The van der Waals surface area contributed by atoms with Crippen molar-refractivity contribution in [2.24, 2.45) is 0 Å². The zero-order valence-electron chi connectivity index (χ0n) is 12.7. The van der Waals surface area contributed by atoms with E-state index in [0.717, 1.165) is 0 Å². The maximum atomic E-state index is 11.4. The topological polar surface area (TPSA) is 66.8 Å². The second kappa shape index (κ2) is 4.90. The fourth-order valence-electron chi connectivity index (χ4n) is 2.09. The highest BCUT2D eigenvalue weighted by Gasteiger charge is 2.50. The van der Waals surface area contributed by atoms with Gasteiger partial charge in [-0.2, -0.15) is 0 Å². The van der Waals surface area contributed by atoms with Crippen LogP contribution in [0.25, 0.3) is 0 Å². The van der Waals surface area contributed by atoms with Gasteiger partial charge >= 0.3 is 5.97 Å². The Morgan fingerprint density at radius 1 is 1.47 bits per heavy atom. The van der Waals surface area contributed by atoms with E-state index in [1.54, 1.807) is 6.92 Å². The molecule has 0 aliphatic carbocycles. The van der Waals surface area contributed by atoms with Crippen molar-refractivity contribution in [3.05, 3.63) is 0 Å². The zero-order valence-corrected chi connectivity index (χ0v) is 13.7. The van der Waals surface area contributed by atoms with Gasteiger partial charge in [0.15, 0.2) is 8.32 Å². The maximum Gasteiger partial charge on any atom is 0.329 e.